The molecule has 2 heterocycles. The first-order valence-electron chi connectivity index (χ1n) is 7.02. The van der Waals surface area contributed by atoms with Gasteiger partial charge in [-0.15, -0.1) is 0 Å². The van der Waals surface area contributed by atoms with Crippen molar-refractivity contribution in [1.82, 2.24) is 15.1 Å². The molecule has 0 radical (unpaired) electrons. The van der Waals surface area contributed by atoms with Crippen LogP contribution in [-0.4, -0.2) is 36.2 Å². The molecule has 1 aromatic heterocycles. The fraction of sp³-hybridized carbons (Fsp3) is 0.769. The minimum absolute atomic E-state index is 0.0246. The standard InChI is InChI=1S/C13H22BrN3O2S/c1-4-15-12(10-5-6-20(18,19)8-10)13-11(14)7-16-17(13)9(2)3/h7,9-10,12,15H,4-6,8H2,1-3H3. The molecule has 0 saturated carbocycles. The van der Waals surface area contributed by atoms with Crippen molar-refractivity contribution in [2.24, 2.45) is 5.92 Å². The van der Waals surface area contributed by atoms with Crippen LogP contribution in [0.5, 0.6) is 0 Å². The van der Waals surface area contributed by atoms with Crippen LogP contribution < -0.4 is 5.32 Å². The lowest BCUT2D eigenvalue weighted by Gasteiger charge is -2.26. The summed E-state index contributed by atoms with van der Waals surface area (Å²) in [5.74, 6) is 0.679. The zero-order valence-electron chi connectivity index (χ0n) is 12.1. The van der Waals surface area contributed by atoms with Gasteiger partial charge < -0.3 is 5.32 Å². The maximum Gasteiger partial charge on any atom is 0.150 e. The van der Waals surface area contributed by atoms with Gasteiger partial charge in [0.15, 0.2) is 9.84 Å². The van der Waals surface area contributed by atoms with Crippen molar-refractivity contribution in [3.8, 4) is 0 Å². The Kier molecular flexibility index (Phi) is 4.92. The summed E-state index contributed by atoms with van der Waals surface area (Å²) in [5, 5.41) is 7.85. The summed E-state index contributed by atoms with van der Waals surface area (Å²) in [5.41, 5.74) is 1.06. The quantitative estimate of drug-likeness (QED) is 0.871. The molecule has 0 amide bonds. The molecule has 0 aliphatic carbocycles. The largest absolute Gasteiger partial charge is 0.309 e. The van der Waals surface area contributed by atoms with E-state index in [9.17, 15) is 8.42 Å². The Morgan fingerprint density at radius 2 is 2.25 bits per heavy atom. The molecular weight excluding hydrogens is 342 g/mol. The Labute approximate surface area is 129 Å². The second-order valence-electron chi connectivity index (χ2n) is 5.61. The lowest BCUT2D eigenvalue weighted by atomic mass is 9.96. The molecule has 0 aromatic carbocycles. The summed E-state index contributed by atoms with van der Waals surface area (Å²) in [7, 11) is -2.88. The fourth-order valence-electron chi connectivity index (χ4n) is 2.85. The third kappa shape index (κ3) is 3.26. The number of aromatic nitrogens is 2. The Morgan fingerprint density at radius 1 is 1.55 bits per heavy atom. The topological polar surface area (TPSA) is 64.0 Å². The molecule has 1 saturated heterocycles. The van der Waals surface area contributed by atoms with E-state index in [2.05, 4.69) is 40.2 Å². The molecule has 1 N–H and O–H groups in total. The van der Waals surface area contributed by atoms with E-state index < -0.39 is 9.84 Å². The van der Waals surface area contributed by atoms with Crippen molar-refractivity contribution in [3.05, 3.63) is 16.4 Å². The lowest BCUT2D eigenvalue weighted by Crippen LogP contribution is -2.31. The van der Waals surface area contributed by atoms with Crippen LogP contribution in [0.25, 0.3) is 0 Å². The highest BCUT2D eigenvalue weighted by atomic mass is 79.9. The molecule has 2 rings (SSSR count). The summed E-state index contributed by atoms with van der Waals surface area (Å²) in [4.78, 5) is 0. The van der Waals surface area contributed by atoms with E-state index in [4.69, 9.17) is 0 Å². The van der Waals surface area contributed by atoms with Crippen molar-refractivity contribution in [1.29, 1.82) is 0 Å². The molecule has 1 aliphatic heterocycles. The Bertz CT molecular complexity index is 568. The van der Waals surface area contributed by atoms with Gasteiger partial charge in [-0.25, -0.2) is 8.42 Å². The zero-order valence-corrected chi connectivity index (χ0v) is 14.5. The number of sulfone groups is 1. The van der Waals surface area contributed by atoms with Crippen LogP contribution in [0.3, 0.4) is 0 Å². The monoisotopic (exact) mass is 363 g/mol. The summed E-state index contributed by atoms with van der Waals surface area (Å²) in [6.07, 6.45) is 2.51. The molecule has 0 spiro atoms. The third-order valence-electron chi connectivity index (χ3n) is 3.73. The van der Waals surface area contributed by atoms with Gasteiger partial charge in [0.1, 0.15) is 0 Å². The first-order valence-corrected chi connectivity index (χ1v) is 9.64. The second kappa shape index (κ2) is 6.15. The van der Waals surface area contributed by atoms with Gasteiger partial charge in [-0.05, 0) is 48.7 Å². The van der Waals surface area contributed by atoms with Gasteiger partial charge in [-0.2, -0.15) is 5.10 Å². The second-order valence-corrected chi connectivity index (χ2v) is 8.70. The lowest BCUT2D eigenvalue weighted by molar-refractivity contribution is 0.361. The van der Waals surface area contributed by atoms with Crippen molar-refractivity contribution in [3.63, 3.8) is 0 Å². The highest BCUT2D eigenvalue weighted by molar-refractivity contribution is 9.10. The molecule has 2 atom stereocenters. The predicted molar refractivity (Wildman–Crippen MR) is 83.5 cm³/mol. The van der Waals surface area contributed by atoms with E-state index in [-0.39, 0.29) is 23.8 Å². The highest BCUT2D eigenvalue weighted by Crippen LogP contribution is 2.35. The van der Waals surface area contributed by atoms with Gasteiger partial charge >= 0.3 is 0 Å². The van der Waals surface area contributed by atoms with E-state index in [1.54, 1.807) is 6.20 Å². The van der Waals surface area contributed by atoms with Crippen molar-refractivity contribution in [2.75, 3.05) is 18.1 Å². The van der Waals surface area contributed by atoms with E-state index in [1.165, 1.54) is 0 Å². The minimum Gasteiger partial charge on any atom is -0.309 e. The molecular formula is C13H22BrN3O2S. The van der Waals surface area contributed by atoms with Crippen LogP contribution in [0, 0.1) is 5.92 Å². The van der Waals surface area contributed by atoms with Crippen molar-refractivity contribution in [2.45, 2.75) is 39.3 Å². The smallest absolute Gasteiger partial charge is 0.150 e. The Hall–Kier alpha value is -0.400. The number of rotatable bonds is 5. The molecule has 2 unspecified atom stereocenters. The molecule has 7 heteroatoms. The molecule has 114 valence electrons. The molecule has 1 aliphatic rings. The minimum atomic E-state index is -2.88. The molecule has 1 aromatic rings. The molecule has 1 fully saturated rings. The highest BCUT2D eigenvalue weighted by Gasteiger charge is 2.36. The van der Waals surface area contributed by atoms with Crippen LogP contribution in [0.4, 0.5) is 0 Å². The third-order valence-corrected chi connectivity index (χ3v) is 6.14. The van der Waals surface area contributed by atoms with Crippen LogP contribution in [0.1, 0.15) is 45.0 Å². The first-order chi connectivity index (χ1) is 9.35. The first kappa shape index (κ1) is 16.0. The van der Waals surface area contributed by atoms with Gasteiger partial charge in [-0.3, -0.25) is 4.68 Å². The SMILES string of the molecule is CCNC(c1c(Br)cnn1C(C)C)C1CCS(=O)(=O)C1. The number of nitrogens with zero attached hydrogens (tertiary/aromatic N) is 2. The van der Waals surface area contributed by atoms with Crippen LogP contribution in [0.2, 0.25) is 0 Å². The van der Waals surface area contributed by atoms with Gasteiger partial charge in [0.2, 0.25) is 0 Å². The number of hydrogen-bond donors (Lipinski definition) is 1. The van der Waals surface area contributed by atoms with Gasteiger partial charge in [0, 0.05) is 6.04 Å². The maximum atomic E-state index is 11.8. The average Bonchev–Trinajstić information content (AvgIpc) is 2.90. The van der Waals surface area contributed by atoms with E-state index in [1.807, 2.05) is 11.6 Å². The predicted octanol–water partition coefficient (Wildman–Crippen LogP) is 2.31. The Balaban J connectivity index is 2.36. The summed E-state index contributed by atoms with van der Waals surface area (Å²) >= 11 is 3.56. The van der Waals surface area contributed by atoms with E-state index >= 15 is 0 Å². The van der Waals surface area contributed by atoms with Gasteiger partial charge in [0.05, 0.1) is 33.9 Å². The maximum absolute atomic E-state index is 11.8. The molecule has 5 nitrogen and oxygen atoms in total. The number of halogens is 1. The molecule has 0 bridgehead atoms. The van der Waals surface area contributed by atoms with E-state index in [0.717, 1.165) is 23.1 Å². The summed E-state index contributed by atoms with van der Waals surface area (Å²) in [6, 6.07) is 0.270. The van der Waals surface area contributed by atoms with E-state index in [0.29, 0.717) is 5.75 Å². The molecule has 20 heavy (non-hydrogen) atoms. The van der Waals surface area contributed by atoms with Crippen molar-refractivity contribution >= 4 is 25.8 Å². The number of hydrogen-bond acceptors (Lipinski definition) is 4. The Morgan fingerprint density at radius 3 is 2.75 bits per heavy atom. The normalized spacial score (nSPS) is 23.4. The number of nitrogens with one attached hydrogen (secondary N) is 1. The summed E-state index contributed by atoms with van der Waals surface area (Å²) in [6.45, 7) is 7.01. The zero-order chi connectivity index (χ0) is 14.9. The van der Waals surface area contributed by atoms with Crippen LogP contribution in [0.15, 0.2) is 10.7 Å². The van der Waals surface area contributed by atoms with Gasteiger partial charge in [-0.1, -0.05) is 6.92 Å². The summed E-state index contributed by atoms with van der Waals surface area (Å²) < 4.78 is 26.4. The average molecular weight is 364 g/mol. The van der Waals surface area contributed by atoms with Gasteiger partial charge in [0.25, 0.3) is 0 Å². The fourth-order valence-corrected chi connectivity index (χ4v) is 5.21. The van der Waals surface area contributed by atoms with Crippen LogP contribution >= 0.6 is 15.9 Å². The van der Waals surface area contributed by atoms with Crippen molar-refractivity contribution < 1.29 is 8.42 Å². The van der Waals surface area contributed by atoms with Crippen LogP contribution in [-0.2, 0) is 9.84 Å².